The summed E-state index contributed by atoms with van der Waals surface area (Å²) in [4.78, 5) is 26.0. The molecule has 0 aliphatic carbocycles. The number of aromatic amines is 1. The van der Waals surface area contributed by atoms with Crippen LogP contribution in [-0.2, 0) is 4.79 Å². The Hall–Kier alpha value is -2.34. The maximum absolute atomic E-state index is 11.9. The van der Waals surface area contributed by atoms with E-state index in [2.05, 4.69) is 17.2 Å². The molecule has 1 unspecified atom stereocenters. The van der Waals surface area contributed by atoms with Crippen LogP contribution in [0.1, 0.15) is 26.2 Å². The van der Waals surface area contributed by atoms with Gasteiger partial charge < -0.3 is 16.0 Å². The van der Waals surface area contributed by atoms with E-state index in [0.29, 0.717) is 12.1 Å². The van der Waals surface area contributed by atoms with Gasteiger partial charge in [-0.15, -0.1) is 0 Å². The second kappa shape index (κ2) is 6.90. The van der Waals surface area contributed by atoms with E-state index in [1.165, 1.54) is 4.57 Å². The zero-order valence-corrected chi connectivity index (χ0v) is 12.0. The number of nitrogens with zero attached hydrogens (tertiary/aromatic N) is 1. The average molecular weight is 288 g/mol. The van der Waals surface area contributed by atoms with Crippen molar-refractivity contribution < 1.29 is 4.79 Å². The average Bonchev–Trinajstić information content (AvgIpc) is 2.91. The summed E-state index contributed by atoms with van der Waals surface area (Å²) in [6.07, 6.45) is 5.85. The van der Waals surface area contributed by atoms with Gasteiger partial charge in [-0.1, -0.05) is 19.8 Å². The molecule has 0 saturated heterocycles. The Morgan fingerprint density at radius 1 is 1.38 bits per heavy atom. The molecule has 0 fully saturated rings. The maximum Gasteiger partial charge on any atom is 0.330 e. The number of carbonyl (C=O) groups is 1. The van der Waals surface area contributed by atoms with Gasteiger partial charge in [-0.3, -0.25) is 9.36 Å². The van der Waals surface area contributed by atoms with Gasteiger partial charge in [0.2, 0.25) is 5.91 Å². The number of hydrogen-bond acceptors (Lipinski definition) is 3. The number of nitrogens with two attached hydrogens (primary N) is 1. The summed E-state index contributed by atoms with van der Waals surface area (Å²) in [5, 5.41) is 2.78. The van der Waals surface area contributed by atoms with Crippen molar-refractivity contribution in [3.8, 4) is 5.69 Å². The van der Waals surface area contributed by atoms with E-state index in [0.717, 1.165) is 18.5 Å². The van der Waals surface area contributed by atoms with Crippen LogP contribution in [0.4, 0.5) is 5.69 Å². The van der Waals surface area contributed by atoms with Crippen molar-refractivity contribution in [1.82, 2.24) is 9.55 Å². The van der Waals surface area contributed by atoms with Crippen LogP contribution in [0.15, 0.2) is 41.5 Å². The van der Waals surface area contributed by atoms with Crippen LogP contribution in [-0.4, -0.2) is 21.5 Å². The maximum atomic E-state index is 11.9. The lowest BCUT2D eigenvalue weighted by Gasteiger charge is -2.12. The summed E-state index contributed by atoms with van der Waals surface area (Å²) in [6.45, 7) is 2.06. The molecule has 0 aliphatic rings. The van der Waals surface area contributed by atoms with E-state index < -0.39 is 6.04 Å². The smallest absolute Gasteiger partial charge is 0.325 e. The molecule has 0 saturated carbocycles. The summed E-state index contributed by atoms with van der Waals surface area (Å²) < 4.78 is 1.48. The third kappa shape index (κ3) is 3.82. The topological polar surface area (TPSA) is 92.9 Å². The number of carbonyl (C=O) groups excluding carboxylic acids is 1. The van der Waals surface area contributed by atoms with E-state index >= 15 is 0 Å². The van der Waals surface area contributed by atoms with Gasteiger partial charge in [-0.25, -0.2) is 4.79 Å². The number of unbranched alkanes of at least 4 members (excludes halogenated alkanes) is 1. The van der Waals surface area contributed by atoms with Crippen molar-refractivity contribution in [2.24, 2.45) is 5.73 Å². The number of rotatable bonds is 6. The van der Waals surface area contributed by atoms with E-state index in [1.54, 1.807) is 36.7 Å². The number of benzene rings is 1. The Morgan fingerprint density at radius 2 is 2.10 bits per heavy atom. The second-order valence-corrected chi connectivity index (χ2v) is 4.92. The minimum absolute atomic E-state index is 0.185. The summed E-state index contributed by atoms with van der Waals surface area (Å²) in [6, 6.07) is 6.54. The van der Waals surface area contributed by atoms with E-state index in [9.17, 15) is 9.59 Å². The third-order valence-electron chi connectivity index (χ3n) is 3.27. The highest BCUT2D eigenvalue weighted by molar-refractivity contribution is 5.94. The molecule has 1 heterocycles. The summed E-state index contributed by atoms with van der Waals surface area (Å²) in [5.74, 6) is -0.185. The van der Waals surface area contributed by atoms with Crippen LogP contribution < -0.4 is 16.7 Å². The SMILES string of the molecule is CCCCC(N)C(=O)Nc1ccc(-n2cc[nH]c2=O)cc1. The van der Waals surface area contributed by atoms with Gasteiger partial charge in [0, 0.05) is 18.1 Å². The first-order chi connectivity index (χ1) is 10.1. The zero-order valence-electron chi connectivity index (χ0n) is 12.0. The van der Waals surface area contributed by atoms with Gasteiger partial charge in [-0.2, -0.15) is 0 Å². The molecule has 112 valence electrons. The normalized spacial score (nSPS) is 12.1. The lowest BCUT2D eigenvalue weighted by atomic mass is 10.1. The molecule has 0 radical (unpaired) electrons. The predicted octanol–water partition coefficient (Wildman–Crippen LogP) is 1.62. The van der Waals surface area contributed by atoms with Crippen molar-refractivity contribution in [2.75, 3.05) is 5.32 Å². The molecule has 6 nitrogen and oxygen atoms in total. The fourth-order valence-corrected chi connectivity index (χ4v) is 2.02. The number of anilines is 1. The molecule has 6 heteroatoms. The zero-order chi connectivity index (χ0) is 15.2. The summed E-state index contributed by atoms with van der Waals surface area (Å²) >= 11 is 0. The van der Waals surface area contributed by atoms with Gasteiger partial charge in [0.1, 0.15) is 0 Å². The fraction of sp³-hybridized carbons (Fsp3) is 0.333. The number of imidazole rings is 1. The lowest BCUT2D eigenvalue weighted by Crippen LogP contribution is -2.35. The highest BCUT2D eigenvalue weighted by Crippen LogP contribution is 2.12. The second-order valence-electron chi connectivity index (χ2n) is 4.92. The highest BCUT2D eigenvalue weighted by atomic mass is 16.2. The van der Waals surface area contributed by atoms with Gasteiger partial charge in [0.15, 0.2) is 0 Å². The molecule has 0 spiro atoms. The van der Waals surface area contributed by atoms with Crippen LogP contribution in [0.2, 0.25) is 0 Å². The Balaban J connectivity index is 2.01. The number of aromatic nitrogens is 2. The number of H-pyrrole nitrogens is 1. The van der Waals surface area contributed by atoms with E-state index in [1.807, 2.05) is 0 Å². The van der Waals surface area contributed by atoms with Gasteiger partial charge in [0.05, 0.1) is 11.7 Å². The molecule has 0 aliphatic heterocycles. The van der Waals surface area contributed by atoms with E-state index in [4.69, 9.17) is 5.73 Å². The Labute approximate surface area is 123 Å². The molecular weight excluding hydrogens is 268 g/mol. The van der Waals surface area contributed by atoms with Gasteiger partial charge >= 0.3 is 5.69 Å². The Kier molecular flexibility index (Phi) is 4.94. The van der Waals surface area contributed by atoms with Gasteiger partial charge in [0.25, 0.3) is 0 Å². The summed E-state index contributed by atoms with van der Waals surface area (Å²) in [7, 11) is 0. The fourth-order valence-electron chi connectivity index (χ4n) is 2.02. The van der Waals surface area contributed by atoms with Crippen molar-refractivity contribution in [1.29, 1.82) is 0 Å². The quantitative estimate of drug-likeness (QED) is 0.754. The summed E-state index contributed by atoms with van der Waals surface area (Å²) in [5.41, 5.74) is 7.01. The minimum Gasteiger partial charge on any atom is -0.325 e. The monoisotopic (exact) mass is 288 g/mol. The van der Waals surface area contributed by atoms with Crippen LogP contribution >= 0.6 is 0 Å². The van der Waals surface area contributed by atoms with Crippen molar-refractivity contribution >= 4 is 11.6 Å². The predicted molar refractivity (Wildman–Crippen MR) is 82.5 cm³/mol. The molecule has 2 aromatic rings. The minimum atomic E-state index is -0.489. The molecule has 1 aromatic heterocycles. The molecule has 1 atom stereocenters. The number of hydrogen-bond donors (Lipinski definition) is 3. The van der Waals surface area contributed by atoms with Crippen molar-refractivity contribution in [2.45, 2.75) is 32.2 Å². The molecule has 0 bridgehead atoms. The van der Waals surface area contributed by atoms with Crippen LogP contribution in [0.5, 0.6) is 0 Å². The number of amides is 1. The first-order valence-electron chi connectivity index (χ1n) is 7.04. The molecule has 21 heavy (non-hydrogen) atoms. The molecular formula is C15H20N4O2. The third-order valence-corrected chi connectivity index (χ3v) is 3.27. The van der Waals surface area contributed by atoms with Crippen LogP contribution in [0.3, 0.4) is 0 Å². The molecule has 2 rings (SSSR count). The first kappa shape index (κ1) is 15.1. The van der Waals surface area contributed by atoms with E-state index in [-0.39, 0.29) is 11.6 Å². The lowest BCUT2D eigenvalue weighted by molar-refractivity contribution is -0.117. The largest absolute Gasteiger partial charge is 0.330 e. The molecule has 4 N–H and O–H groups in total. The standard InChI is InChI=1S/C15H20N4O2/c1-2-3-4-13(16)14(20)18-11-5-7-12(8-6-11)19-10-9-17-15(19)21/h5-10,13H,2-4,16H2,1H3,(H,17,21)(H,18,20). The van der Waals surface area contributed by atoms with Crippen LogP contribution in [0.25, 0.3) is 5.69 Å². The first-order valence-corrected chi connectivity index (χ1v) is 7.04. The van der Waals surface area contributed by atoms with Crippen molar-refractivity contribution in [3.63, 3.8) is 0 Å². The van der Waals surface area contributed by atoms with Crippen LogP contribution in [0, 0.1) is 0 Å². The Morgan fingerprint density at radius 3 is 2.67 bits per heavy atom. The number of nitrogens with one attached hydrogen (secondary N) is 2. The highest BCUT2D eigenvalue weighted by Gasteiger charge is 2.12. The Bertz CT molecular complexity index is 642. The van der Waals surface area contributed by atoms with Gasteiger partial charge in [-0.05, 0) is 30.7 Å². The molecule has 1 aromatic carbocycles. The van der Waals surface area contributed by atoms with Crippen molar-refractivity contribution in [3.05, 3.63) is 47.1 Å². The molecule has 1 amide bonds.